The van der Waals surface area contributed by atoms with E-state index < -0.39 is 94.1 Å². The number of likely N-dealkylation sites (N-methyl/N-ethyl adjacent to an activating group) is 1. The molecule has 0 bridgehead atoms. The minimum Gasteiger partial charge on any atom is -0.379 e. The largest absolute Gasteiger partial charge is 0.379 e. The number of ether oxygens (including phenoxy) is 1. The van der Waals surface area contributed by atoms with Gasteiger partial charge in [-0.3, -0.25) is 52.8 Å². The first-order chi connectivity index (χ1) is 38.7. The maximum Gasteiger partial charge on any atom is 0.246 e. The van der Waals surface area contributed by atoms with Crippen LogP contribution in [0.1, 0.15) is 187 Å². The Morgan fingerprint density at radius 1 is 0.554 bits per heavy atom. The van der Waals surface area contributed by atoms with Crippen LogP contribution in [0.15, 0.2) is 0 Å². The number of nitrogens with zero attached hydrogens (tertiary/aromatic N) is 3. The van der Waals surface area contributed by atoms with Gasteiger partial charge < -0.3 is 62.4 Å². The lowest BCUT2D eigenvalue weighted by molar-refractivity contribution is -0.140. The van der Waals surface area contributed by atoms with Gasteiger partial charge in [-0.25, -0.2) is 0 Å². The van der Waals surface area contributed by atoms with Crippen molar-refractivity contribution in [3.8, 4) is 0 Å². The third kappa shape index (κ3) is 27.4. The molecule has 0 unspecified atom stereocenters. The Kier molecular flexibility index (Phi) is 31.8. The van der Waals surface area contributed by atoms with Crippen molar-refractivity contribution in [2.75, 3.05) is 66.6 Å². The van der Waals surface area contributed by atoms with Crippen LogP contribution in [0, 0.1) is 17.8 Å². The minimum atomic E-state index is -1.63. The van der Waals surface area contributed by atoms with E-state index in [1.807, 2.05) is 67.5 Å². The Balaban J connectivity index is 2.22. The number of morpholine rings is 1. The second-order valence-electron chi connectivity index (χ2n) is 26.1. The molecule has 23 heteroatoms. The molecule has 83 heavy (non-hydrogen) atoms. The molecule has 2 saturated heterocycles. The van der Waals surface area contributed by atoms with E-state index in [-0.39, 0.29) is 74.3 Å². The van der Waals surface area contributed by atoms with Gasteiger partial charge in [0.2, 0.25) is 59.1 Å². The summed E-state index contributed by atoms with van der Waals surface area (Å²) < 4.78 is 5.44. The van der Waals surface area contributed by atoms with Gasteiger partial charge in [-0.1, -0.05) is 87.0 Å². The molecule has 0 aliphatic carbocycles. The van der Waals surface area contributed by atoms with Crippen LogP contribution in [0.25, 0.3) is 0 Å². The van der Waals surface area contributed by atoms with Crippen molar-refractivity contribution in [3.05, 3.63) is 0 Å². The molecule has 6 atom stereocenters. The molecule has 9 N–H and O–H groups in total. The summed E-state index contributed by atoms with van der Waals surface area (Å²) in [4.78, 5) is 144. The van der Waals surface area contributed by atoms with E-state index >= 15 is 0 Å². The number of amides is 10. The van der Waals surface area contributed by atoms with Crippen LogP contribution in [0.4, 0.5) is 0 Å². The molecular weight excluding hydrogens is 1060 g/mol. The van der Waals surface area contributed by atoms with E-state index in [0.717, 1.165) is 45.2 Å². The van der Waals surface area contributed by atoms with Crippen molar-refractivity contribution in [2.45, 2.75) is 240 Å². The molecule has 2 aliphatic heterocycles. The summed E-state index contributed by atoms with van der Waals surface area (Å²) in [6, 6.07) is -5.26. The molecule has 2 aliphatic rings. The average Bonchev–Trinajstić information content (AvgIpc) is 3.91. The van der Waals surface area contributed by atoms with Crippen LogP contribution in [0.5, 0.6) is 0 Å². The number of carbonyl (C=O) groups is 10. The van der Waals surface area contributed by atoms with Gasteiger partial charge in [0.25, 0.3) is 0 Å². The summed E-state index contributed by atoms with van der Waals surface area (Å²) in [7, 11) is 3.80. The molecular formula is C60H110N12O11. The zero-order valence-corrected chi connectivity index (χ0v) is 53.6. The quantitative estimate of drug-likeness (QED) is 0.0405. The molecule has 476 valence electrons. The van der Waals surface area contributed by atoms with Gasteiger partial charge >= 0.3 is 0 Å². The number of carbonyl (C=O) groups excluding carboxylic acids is 10. The number of hydrogen-bond donors (Lipinski definition) is 9. The molecule has 2 fully saturated rings. The molecule has 2 rings (SSSR count). The van der Waals surface area contributed by atoms with Crippen molar-refractivity contribution in [1.82, 2.24) is 62.6 Å². The van der Waals surface area contributed by atoms with Gasteiger partial charge in [0.1, 0.15) is 46.8 Å². The van der Waals surface area contributed by atoms with Crippen molar-refractivity contribution in [2.24, 2.45) is 17.8 Å². The molecule has 0 spiro atoms. The van der Waals surface area contributed by atoms with Gasteiger partial charge in [-0.2, -0.15) is 0 Å². The zero-order chi connectivity index (χ0) is 62.8. The maximum absolute atomic E-state index is 14.4. The molecule has 10 amide bonds. The van der Waals surface area contributed by atoms with Crippen LogP contribution in [-0.4, -0.2) is 193 Å². The Hall–Kier alpha value is -5.42. The average molecular weight is 1180 g/mol. The summed E-state index contributed by atoms with van der Waals surface area (Å²) in [5, 5.41) is 25.3. The monoisotopic (exact) mass is 1170 g/mol. The Morgan fingerprint density at radius 3 is 1.58 bits per heavy atom. The summed E-state index contributed by atoms with van der Waals surface area (Å²) >= 11 is 0. The molecule has 0 aromatic rings. The number of rotatable bonds is 37. The van der Waals surface area contributed by atoms with Crippen molar-refractivity contribution < 1.29 is 52.7 Å². The van der Waals surface area contributed by atoms with Crippen LogP contribution >= 0.6 is 0 Å². The number of nitrogens with one attached hydrogen (secondary N) is 9. The summed E-state index contributed by atoms with van der Waals surface area (Å²) in [5.41, 5.74) is -4.66. The van der Waals surface area contributed by atoms with Crippen molar-refractivity contribution in [1.29, 1.82) is 0 Å². The zero-order valence-electron chi connectivity index (χ0n) is 53.6. The fraction of sp³-hybridized carbons (Fsp3) is 0.833. The number of likely N-dealkylation sites (tertiary alicyclic amines) is 1. The second kappa shape index (κ2) is 35.8. The third-order valence-corrected chi connectivity index (χ3v) is 14.8. The highest BCUT2D eigenvalue weighted by atomic mass is 16.5. The van der Waals surface area contributed by atoms with Crippen molar-refractivity contribution >= 4 is 59.1 Å². The Bertz CT molecular complexity index is 2130. The van der Waals surface area contributed by atoms with E-state index in [1.54, 1.807) is 4.90 Å². The fourth-order valence-corrected chi connectivity index (χ4v) is 10.1. The lowest BCUT2D eigenvalue weighted by Gasteiger charge is -2.34. The first-order valence-electron chi connectivity index (χ1n) is 30.7. The predicted octanol–water partition coefficient (Wildman–Crippen LogP) is 2.78. The highest BCUT2D eigenvalue weighted by molar-refractivity contribution is 6.00. The highest BCUT2D eigenvalue weighted by Gasteiger charge is 2.41. The third-order valence-electron chi connectivity index (χ3n) is 14.8. The van der Waals surface area contributed by atoms with Crippen molar-refractivity contribution in [3.63, 3.8) is 0 Å². The van der Waals surface area contributed by atoms with Crippen LogP contribution in [0.2, 0.25) is 0 Å². The smallest absolute Gasteiger partial charge is 0.246 e. The van der Waals surface area contributed by atoms with E-state index in [1.165, 1.54) is 41.5 Å². The summed E-state index contributed by atoms with van der Waals surface area (Å²) in [6.07, 6.45) is 7.93. The van der Waals surface area contributed by atoms with Gasteiger partial charge in [0.15, 0.2) is 0 Å². The maximum atomic E-state index is 14.4. The second-order valence-corrected chi connectivity index (χ2v) is 26.1. The molecule has 2 heterocycles. The minimum absolute atomic E-state index is 0.0296. The summed E-state index contributed by atoms with van der Waals surface area (Å²) in [5.74, 6) is -5.56. The lowest BCUT2D eigenvalue weighted by atomic mass is 9.96. The first-order valence-corrected chi connectivity index (χ1v) is 30.7. The lowest BCUT2D eigenvalue weighted by Crippen LogP contribution is -2.65. The molecule has 0 saturated carbocycles. The SMILES string of the molecule is CCCCCCCC[C@H](NC(=O)[C@@H]1CCCN1C(=O)CCN1CCOCC1)C(=O)N[C@@H](CC(C)C)C(=O)NC(C)(C)C(=O)N[C@@H](CC(C)C)C(=O)N[C@@H](CC(C)C)C(=O)NC(C)(C)C(=O)NC(C)(C)C(=O)NCCC(=O)N[C@@H](C)CN(C)C. The van der Waals surface area contributed by atoms with E-state index in [4.69, 9.17) is 4.74 Å². The van der Waals surface area contributed by atoms with E-state index in [2.05, 4.69) is 59.7 Å². The number of unbranched alkanes of at least 4 members (excludes halogenated alkanes) is 5. The van der Waals surface area contributed by atoms with Crippen LogP contribution < -0.4 is 47.9 Å². The van der Waals surface area contributed by atoms with Gasteiger partial charge in [-0.05, 0) is 119 Å². The number of hydrogen-bond acceptors (Lipinski definition) is 13. The molecule has 23 nitrogen and oxygen atoms in total. The van der Waals surface area contributed by atoms with Gasteiger partial charge in [-0.15, -0.1) is 0 Å². The molecule has 0 radical (unpaired) electrons. The molecule has 0 aromatic heterocycles. The normalized spacial score (nSPS) is 17.0. The summed E-state index contributed by atoms with van der Waals surface area (Å²) in [6.45, 7) is 28.6. The fourth-order valence-electron chi connectivity index (χ4n) is 10.1. The Morgan fingerprint density at radius 2 is 1.05 bits per heavy atom. The van der Waals surface area contributed by atoms with E-state index in [0.29, 0.717) is 58.5 Å². The van der Waals surface area contributed by atoms with Crippen LogP contribution in [0.3, 0.4) is 0 Å². The first kappa shape index (κ1) is 73.7. The molecule has 0 aromatic carbocycles. The van der Waals surface area contributed by atoms with E-state index in [9.17, 15) is 47.9 Å². The van der Waals surface area contributed by atoms with Gasteiger partial charge in [0, 0.05) is 58.2 Å². The predicted molar refractivity (Wildman–Crippen MR) is 321 cm³/mol. The van der Waals surface area contributed by atoms with Crippen LogP contribution in [-0.2, 0) is 52.7 Å². The Labute approximate surface area is 496 Å². The highest BCUT2D eigenvalue weighted by Crippen LogP contribution is 2.21. The standard InChI is InChI=1S/C60H110N12O11/c1-17-18-19-20-21-22-24-43(63-54(79)47-25-23-29-72(47)49(74)27-30-71-31-33-83-34-32-71)50(75)64-45(36-40(4)5)52(77)67-59(11,12)56(81)66-44(35-39(2)3)51(76)65-46(37-41(6)7)53(78)68-60(13,14)57(82)69-58(9,10)55(80)61-28-26-48(73)62-42(8)38-70(15)16/h39-47H,17-38H2,1-16H3,(H,61,80)(H,62,73)(H,63,79)(H,64,75)(H,65,76)(H,66,81)(H,67,77)(H,68,78)(H,69,82)/t42-,43-,44-,45-,46-,47-/m0/s1. The topological polar surface area (TPSA) is 298 Å². The van der Waals surface area contributed by atoms with Gasteiger partial charge in [0.05, 0.1) is 13.2 Å².